The number of aromatic nitrogens is 1. The van der Waals surface area contributed by atoms with Crippen molar-refractivity contribution in [2.45, 2.75) is 0 Å². The Kier molecular flexibility index (Phi) is 3.99. The second-order valence-corrected chi connectivity index (χ2v) is 4.16. The molecular weight excluding hydrogens is 307 g/mol. The van der Waals surface area contributed by atoms with E-state index in [9.17, 15) is 19.3 Å². The Balaban J connectivity index is 2.35. The molecule has 0 radical (unpaired) electrons. The van der Waals surface area contributed by atoms with E-state index < -0.39 is 28.2 Å². The number of hydrogen-bond acceptors (Lipinski definition) is 5. The summed E-state index contributed by atoms with van der Waals surface area (Å²) in [6.07, 6.45) is 1.06. The molecule has 0 aliphatic heterocycles. The minimum absolute atomic E-state index is 0.0143. The number of aromatic carboxylic acids is 1. The maximum atomic E-state index is 13.8. The third kappa shape index (κ3) is 3.06. The van der Waals surface area contributed by atoms with Gasteiger partial charge in [0.2, 0.25) is 0 Å². The van der Waals surface area contributed by atoms with Crippen LogP contribution in [0.4, 0.5) is 10.1 Å². The Morgan fingerprint density at radius 2 is 2.14 bits per heavy atom. The molecule has 2 aromatic rings. The molecule has 0 aliphatic rings. The number of nitro benzene ring substituents is 1. The lowest BCUT2D eigenvalue weighted by Crippen LogP contribution is -2.03. The van der Waals surface area contributed by atoms with Crippen molar-refractivity contribution in [1.29, 1.82) is 0 Å². The molecule has 1 heterocycles. The van der Waals surface area contributed by atoms with Crippen molar-refractivity contribution in [1.82, 2.24) is 4.98 Å². The summed E-state index contributed by atoms with van der Waals surface area (Å²) in [7, 11) is 0. The molecule has 21 heavy (non-hydrogen) atoms. The molecule has 0 fully saturated rings. The van der Waals surface area contributed by atoms with Crippen molar-refractivity contribution in [3.05, 3.63) is 57.0 Å². The van der Waals surface area contributed by atoms with Crippen LogP contribution in [-0.4, -0.2) is 21.0 Å². The molecule has 1 N–H and O–H groups in total. The molecule has 0 saturated carbocycles. The van der Waals surface area contributed by atoms with Crippen LogP contribution in [0.1, 0.15) is 10.4 Å². The highest BCUT2D eigenvalue weighted by atomic mass is 35.5. The first-order valence-electron chi connectivity index (χ1n) is 5.39. The summed E-state index contributed by atoms with van der Waals surface area (Å²) in [5.74, 6) is -3.21. The van der Waals surface area contributed by atoms with E-state index in [0.29, 0.717) is 0 Å². The van der Waals surface area contributed by atoms with E-state index in [4.69, 9.17) is 21.4 Å². The summed E-state index contributed by atoms with van der Waals surface area (Å²) < 4.78 is 18.9. The number of nitrogens with zero attached hydrogens (tertiary/aromatic N) is 2. The number of halogens is 2. The fourth-order valence-electron chi connectivity index (χ4n) is 1.47. The predicted octanol–water partition coefficient (Wildman–Crippen LogP) is 3.27. The summed E-state index contributed by atoms with van der Waals surface area (Å²) in [5, 5.41) is 19.2. The molecule has 108 valence electrons. The smallest absolute Gasteiger partial charge is 0.338 e. The van der Waals surface area contributed by atoms with E-state index in [2.05, 4.69) is 4.98 Å². The summed E-state index contributed by atoms with van der Waals surface area (Å²) in [6, 6.07) is 4.36. The zero-order valence-corrected chi connectivity index (χ0v) is 10.9. The molecule has 0 aliphatic carbocycles. The fraction of sp³-hybridized carbons (Fsp3) is 0. The average molecular weight is 313 g/mol. The largest absolute Gasteiger partial charge is 0.478 e. The first-order chi connectivity index (χ1) is 9.90. The molecular formula is C12H6ClFN2O5. The zero-order valence-electron chi connectivity index (χ0n) is 10.1. The summed E-state index contributed by atoms with van der Waals surface area (Å²) >= 11 is 5.68. The number of pyridine rings is 1. The van der Waals surface area contributed by atoms with Gasteiger partial charge in [0, 0.05) is 18.3 Å². The highest BCUT2D eigenvalue weighted by molar-refractivity contribution is 6.32. The lowest BCUT2D eigenvalue weighted by atomic mass is 10.2. The van der Waals surface area contributed by atoms with Crippen molar-refractivity contribution < 1.29 is 24.0 Å². The minimum Gasteiger partial charge on any atom is -0.478 e. The Morgan fingerprint density at radius 1 is 1.43 bits per heavy atom. The number of ether oxygens (including phenoxy) is 1. The van der Waals surface area contributed by atoms with Crippen LogP contribution in [0.15, 0.2) is 30.5 Å². The normalized spacial score (nSPS) is 10.2. The number of benzene rings is 1. The maximum absolute atomic E-state index is 13.8. The van der Waals surface area contributed by atoms with Gasteiger partial charge in [-0.15, -0.1) is 0 Å². The van der Waals surface area contributed by atoms with E-state index in [1.54, 1.807) is 0 Å². The van der Waals surface area contributed by atoms with E-state index in [1.807, 2.05) is 0 Å². The Bertz CT molecular complexity index is 738. The van der Waals surface area contributed by atoms with Gasteiger partial charge in [0.05, 0.1) is 4.92 Å². The van der Waals surface area contributed by atoms with Crippen molar-refractivity contribution >= 4 is 23.3 Å². The number of nitro groups is 1. The monoisotopic (exact) mass is 312 g/mol. The topological polar surface area (TPSA) is 103 Å². The predicted molar refractivity (Wildman–Crippen MR) is 69.3 cm³/mol. The van der Waals surface area contributed by atoms with Crippen LogP contribution in [0.25, 0.3) is 0 Å². The second-order valence-electron chi connectivity index (χ2n) is 3.76. The highest BCUT2D eigenvalue weighted by Gasteiger charge is 2.18. The molecule has 1 aromatic carbocycles. The van der Waals surface area contributed by atoms with E-state index in [1.165, 1.54) is 6.07 Å². The van der Waals surface area contributed by atoms with Crippen LogP contribution in [0.3, 0.4) is 0 Å². The summed E-state index contributed by atoms with van der Waals surface area (Å²) in [4.78, 5) is 24.3. The van der Waals surface area contributed by atoms with Crippen molar-refractivity contribution in [2.24, 2.45) is 0 Å². The van der Waals surface area contributed by atoms with Gasteiger partial charge in [-0.2, -0.15) is 0 Å². The molecule has 0 bridgehead atoms. The fourth-order valence-corrected chi connectivity index (χ4v) is 1.71. The Morgan fingerprint density at radius 3 is 2.71 bits per heavy atom. The van der Waals surface area contributed by atoms with Gasteiger partial charge in [-0.25, -0.2) is 14.2 Å². The van der Waals surface area contributed by atoms with Gasteiger partial charge in [-0.1, -0.05) is 11.6 Å². The standard InChI is InChI=1S/C12H6ClFN2O5/c13-8-5-6(1-2-9(8)16(19)20)21-11-10(14)7(12(17)18)3-4-15-11/h1-5H,(H,17,18). The average Bonchev–Trinajstić information content (AvgIpc) is 2.40. The molecule has 1 aromatic heterocycles. The zero-order chi connectivity index (χ0) is 15.6. The van der Waals surface area contributed by atoms with E-state index >= 15 is 0 Å². The maximum Gasteiger partial charge on any atom is 0.338 e. The van der Waals surface area contributed by atoms with Gasteiger partial charge in [0.1, 0.15) is 16.3 Å². The third-order valence-electron chi connectivity index (χ3n) is 2.42. The number of carboxylic acids is 1. The number of carboxylic acid groups (broad SMARTS) is 1. The molecule has 0 amide bonds. The molecule has 0 saturated heterocycles. The SMILES string of the molecule is O=C(O)c1ccnc(Oc2ccc([N+](=O)[O-])c(Cl)c2)c1F. The summed E-state index contributed by atoms with van der Waals surface area (Å²) in [5.41, 5.74) is -0.940. The van der Waals surface area contributed by atoms with Crippen LogP contribution in [0, 0.1) is 15.9 Å². The van der Waals surface area contributed by atoms with Crippen molar-refractivity contribution in [3.63, 3.8) is 0 Å². The van der Waals surface area contributed by atoms with Crippen LogP contribution >= 0.6 is 11.6 Å². The van der Waals surface area contributed by atoms with Gasteiger partial charge < -0.3 is 9.84 Å². The first-order valence-corrected chi connectivity index (χ1v) is 5.77. The van der Waals surface area contributed by atoms with Crippen molar-refractivity contribution in [2.75, 3.05) is 0 Å². The number of rotatable bonds is 4. The minimum atomic E-state index is -1.47. The summed E-state index contributed by atoms with van der Waals surface area (Å²) in [6.45, 7) is 0. The van der Waals surface area contributed by atoms with Crippen LogP contribution < -0.4 is 4.74 Å². The molecule has 0 unspecified atom stereocenters. The Labute approximate surface area is 121 Å². The third-order valence-corrected chi connectivity index (χ3v) is 2.72. The first kappa shape index (κ1) is 14.7. The lowest BCUT2D eigenvalue weighted by Gasteiger charge is -2.07. The number of hydrogen-bond donors (Lipinski definition) is 1. The molecule has 2 rings (SSSR count). The second kappa shape index (κ2) is 5.71. The van der Waals surface area contributed by atoms with Crippen LogP contribution in [0.5, 0.6) is 11.6 Å². The molecule has 9 heteroatoms. The lowest BCUT2D eigenvalue weighted by molar-refractivity contribution is -0.384. The molecule has 0 atom stereocenters. The number of carbonyl (C=O) groups is 1. The van der Waals surface area contributed by atoms with Gasteiger partial charge in [0.15, 0.2) is 5.82 Å². The van der Waals surface area contributed by atoms with Gasteiger partial charge in [0.25, 0.3) is 11.6 Å². The van der Waals surface area contributed by atoms with Gasteiger partial charge in [-0.05, 0) is 12.1 Å². The van der Waals surface area contributed by atoms with E-state index in [0.717, 1.165) is 24.4 Å². The Hall–Kier alpha value is -2.74. The van der Waals surface area contributed by atoms with E-state index in [-0.39, 0.29) is 16.5 Å². The van der Waals surface area contributed by atoms with Crippen molar-refractivity contribution in [3.8, 4) is 11.6 Å². The van der Waals surface area contributed by atoms with Crippen LogP contribution in [-0.2, 0) is 0 Å². The van der Waals surface area contributed by atoms with Gasteiger partial charge >= 0.3 is 5.97 Å². The highest BCUT2D eigenvalue weighted by Crippen LogP contribution is 2.31. The quantitative estimate of drug-likeness (QED) is 0.686. The molecule has 7 nitrogen and oxygen atoms in total. The van der Waals surface area contributed by atoms with Gasteiger partial charge in [-0.3, -0.25) is 10.1 Å². The molecule has 0 spiro atoms. The van der Waals surface area contributed by atoms with Crippen LogP contribution in [0.2, 0.25) is 5.02 Å².